The van der Waals surface area contributed by atoms with Gasteiger partial charge in [0.1, 0.15) is 0 Å². The van der Waals surface area contributed by atoms with E-state index in [2.05, 4.69) is 24.1 Å². The lowest BCUT2D eigenvalue weighted by Crippen LogP contribution is -2.31. The van der Waals surface area contributed by atoms with Crippen molar-refractivity contribution in [2.45, 2.75) is 51.4 Å². The summed E-state index contributed by atoms with van der Waals surface area (Å²) in [5.41, 5.74) is 1.69. The molecule has 0 aliphatic rings. The Morgan fingerprint density at radius 1 is 1.03 bits per heavy atom. The van der Waals surface area contributed by atoms with Crippen LogP contribution in [0.1, 0.15) is 51.8 Å². The van der Waals surface area contributed by atoms with Gasteiger partial charge < -0.3 is 5.32 Å². The Kier molecular flexibility index (Phi) is 7.32. The molecule has 0 aliphatic heterocycles. The van der Waals surface area contributed by atoms with E-state index < -0.39 is 0 Å². The number of benzene rings is 2. The fourth-order valence-corrected chi connectivity index (χ4v) is 4.42. The number of fused-ring (bicyclic) bond motifs is 1. The van der Waals surface area contributed by atoms with Crippen molar-refractivity contribution in [3.8, 4) is 0 Å². The van der Waals surface area contributed by atoms with Gasteiger partial charge in [-0.25, -0.2) is 4.98 Å². The molecular formula is C24H29N3O2S. The van der Waals surface area contributed by atoms with Crippen molar-refractivity contribution < 1.29 is 4.79 Å². The van der Waals surface area contributed by atoms with Crippen LogP contribution in [0.15, 0.2) is 64.5 Å². The highest BCUT2D eigenvalue weighted by Crippen LogP contribution is 2.23. The number of thioether (sulfide) groups is 1. The maximum atomic E-state index is 12.9. The van der Waals surface area contributed by atoms with E-state index in [-0.39, 0.29) is 29.3 Å². The predicted molar refractivity (Wildman–Crippen MR) is 124 cm³/mol. The monoisotopic (exact) mass is 423 g/mol. The molecule has 158 valence electrons. The van der Waals surface area contributed by atoms with Crippen molar-refractivity contribution in [3.05, 3.63) is 70.5 Å². The third-order valence-corrected chi connectivity index (χ3v) is 5.82. The predicted octanol–water partition coefficient (Wildman–Crippen LogP) is 4.97. The zero-order valence-electron chi connectivity index (χ0n) is 18.0. The molecule has 1 atom stereocenters. The summed E-state index contributed by atoms with van der Waals surface area (Å²) in [6.45, 7) is 8.21. The van der Waals surface area contributed by atoms with Crippen LogP contribution in [0.3, 0.4) is 0 Å². The quantitative estimate of drug-likeness (QED) is 0.410. The third kappa shape index (κ3) is 5.30. The number of rotatable bonds is 8. The standard InChI is InChI=1S/C24H29N3O2S/c1-16(2)14-21(18-10-6-5-7-11-18)25-22(28)15-30-24-26-20-13-9-8-12-19(20)23(29)27(24)17(3)4/h5-13,16-17,21H,14-15H2,1-4H3,(H,25,28)/t21-/m1/s1. The van der Waals surface area contributed by atoms with Crippen LogP contribution in [0.25, 0.3) is 10.9 Å². The van der Waals surface area contributed by atoms with Gasteiger partial charge in [0.25, 0.3) is 5.56 Å². The number of hydrogen-bond acceptors (Lipinski definition) is 4. The fraction of sp³-hybridized carbons (Fsp3) is 0.375. The number of para-hydroxylation sites is 1. The average Bonchev–Trinajstić information content (AvgIpc) is 2.72. The SMILES string of the molecule is CC(C)C[C@@H](NC(=O)CSc1nc2ccccc2c(=O)n1C(C)C)c1ccccc1. The maximum Gasteiger partial charge on any atom is 0.262 e. The van der Waals surface area contributed by atoms with Gasteiger partial charge in [-0.05, 0) is 43.9 Å². The summed E-state index contributed by atoms with van der Waals surface area (Å²) in [5, 5.41) is 4.33. The summed E-state index contributed by atoms with van der Waals surface area (Å²) in [6, 6.07) is 17.3. The van der Waals surface area contributed by atoms with Gasteiger partial charge in [0, 0.05) is 6.04 Å². The molecule has 0 radical (unpaired) electrons. The molecule has 5 nitrogen and oxygen atoms in total. The highest BCUT2D eigenvalue weighted by molar-refractivity contribution is 7.99. The van der Waals surface area contributed by atoms with Gasteiger partial charge in [0.15, 0.2) is 5.16 Å². The van der Waals surface area contributed by atoms with E-state index in [4.69, 9.17) is 0 Å². The molecule has 2 aromatic carbocycles. The molecule has 0 saturated heterocycles. The minimum atomic E-state index is -0.0690. The first-order valence-electron chi connectivity index (χ1n) is 10.3. The first-order chi connectivity index (χ1) is 14.4. The first kappa shape index (κ1) is 22.1. The molecule has 0 saturated carbocycles. The van der Waals surface area contributed by atoms with Gasteiger partial charge >= 0.3 is 0 Å². The minimum absolute atomic E-state index is 0.0313. The zero-order chi connectivity index (χ0) is 21.7. The number of carbonyl (C=O) groups excluding carboxylic acids is 1. The van der Waals surface area contributed by atoms with Crippen molar-refractivity contribution in [2.75, 3.05) is 5.75 Å². The second-order valence-electron chi connectivity index (χ2n) is 8.13. The molecule has 6 heteroatoms. The van der Waals surface area contributed by atoms with E-state index in [1.54, 1.807) is 10.6 Å². The van der Waals surface area contributed by atoms with Crippen LogP contribution >= 0.6 is 11.8 Å². The molecule has 30 heavy (non-hydrogen) atoms. The van der Waals surface area contributed by atoms with Gasteiger partial charge in [-0.15, -0.1) is 0 Å². The molecule has 0 fully saturated rings. The number of aromatic nitrogens is 2. The number of nitrogens with zero attached hydrogens (tertiary/aromatic N) is 2. The van der Waals surface area contributed by atoms with Crippen molar-refractivity contribution in [1.29, 1.82) is 0 Å². The number of hydrogen-bond donors (Lipinski definition) is 1. The van der Waals surface area contributed by atoms with Crippen LogP contribution in [-0.2, 0) is 4.79 Å². The molecule has 1 N–H and O–H groups in total. The average molecular weight is 424 g/mol. The Bertz CT molecular complexity index is 1060. The topological polar surface area (TPSA) is 64.0 Å². The van der Waals surface area contributed by atoms with Gasteiger partial charge in [0.2, 0.25) is 5.91 Å². The molecular weight excluding hydrogens is 394 g/mol. The van der Waals surface area contributed by atoms with Crippen LogP contribution in [0.5, 0.6) is 0 Å². The smallest absolute Gasteiger partial charge is 0.262 e. The zero-order valence-corrected chi connectivity index (χ0v) is 18.8. The van der Waals surface area contributed by atoms with Gasteiger partial charge in [-0.1, -0.05) is 68.1 Å². The number of carbonyl (C=O) groups is 1. The summed E-state index contributed by atoms with van der Waals surface area (Å²) in [5.74, 6) is 0.600. The van der Waals surface area contributed by atoms with E-state index in [0.29, 0.717) is 22.0 Å². The van der Waals surface area contributed by atoms with Crippen molar-refractivity contribution in [3.63, 3.8) is 0 Å². The minimum Gasteiger partial charge on any atom is -0.349 e. The lowest BCUT2D eigenvalue weighted by atomic mass is 9.97. The van der Waals surface area contributed by atoms with Gasteiger partial charge in [0.05, 0.1) is 22.7 Å². The van der Waals surface area contributed by atoms with Gasteiger partial charge in [-0.3, -0.25) is 14.2 Å². The summed E-state index contributed by atoms with van der Waals surface area (Å²) >= 11 is 1.31. The van der Waals surface area contributed by atoms with Crippen LogP contribution < -0.4 is 10.9 Å². The molecule has 3 aromatic rings. The lowest BCUT2D eigenvalue weighted by Gasteiger charge is -2.21. The maximum absolute atomic E-state index is 12.9. The second kappa shape index (κ2) is 9.94. The van der Waals surface area contributed by atoms with E-state index in [1.807, 2.05) is 62.4 Å². The molecule has 1 aromatic heterocycles. The second-order valence-corrected chi connectivity index (χ2v) is 9.07. The molecule has 0 bridgehead atoms. The lowest BCUT2D eigenvalue weighted by molar-refractivity contribution is -0.119. The van der Waals surface area contributed by atoms with Crippen molar-refractivity contribution in [2.24, 2.45) is 5.92 Å². The number of nitrogens with one attached hydrogen (secondary N) is 1. The van der Waals surface area contributed by atoms with Crippen molar-refractivity contribution in [1.82, 2.24) is 14.9 Å². The van der Waals surface area contributed by atoms with E-state index in [0.717, 1.165) is 12.0 Å². The molecule has 1 heterocycles. The highest BCUT2D eigenvalue weighted by Gasteiger charge is 2.18. The molecule has 0 unspecified atom stereocenters. The Balaban J connectivity index is 1.79. The highest BCUT2D eigenvalue weighted by atomic mass is 32.2. The van der Waals surface area contributed by atoms with E-state index in [9.17, 15) is 9.59 Å². The van der Waals surface area contributed by atoms with E-state index in [1.165, 1.54) is 11.8 Å². The van der Waals surface area contributed by atoms with Gasteiger partial charge in [-0.2, -0.15) is 0 Å². The number of amides is 1. The van der Waals surface area contributed by atoms with Crippen molar-refractivity contribution >= 4 is 28.6 Å². The first-order valence-corrected chi connectivity index (χ1v) is 11.3. The summed E-state index contributed by atoms with van der Waals surface area (Å²) in [4.78, 5) is 30.4. The molecule has 0 aliphatic carbocycles. The molecule has 3 rings (SSSR count). The largest absolute Gasteiger partial charge is 0.349 e. The summed E-state index contributed by atoms with van der Waals surface area (Å²) in [7, 11) is 0. The Labute approximate surface area is 181 Å². The summed E-state index contributed by atoms with van der Waals surface area (Å²) in [6.07, 6.45) is 0.866. The van der Waals surface area contributed by atoms with Crippen LogP contribution in [0.4, 0.5) is 0 Å². The third-order valence-electron chi connectivity index (χ3n) is 4.87. The van der Waals surface area contributed by atoms with Crippen LogP contribution in [-0.4, -0.2) is 21.2 Å². The Morgan fingerprint density at radius 2 is 1.70 bits per heavy atom. The van der Waals surface area contributed by atoms with E-state index >= 15 is 0 Å². The fourth-order valence-electron chi connectivity index (χ4n) is 3.48. The normalized spacial score (nSPS) is 12.5. The summed E-state index contributed by atoms with van der Waals surface area (Å²) < 4.78 is 1.67. The Morgan fingerprint density at radius 3 is 2.37 bits per heavy atom. The van der Waals surface area contributed by atoms with Crippen LogP contribution in [0, 0.1) is 5.92 Å². The molecule has 0 spiro atoms. The molecule has 1 amide bonds. The Hall–Kier alpha value is -2.60. The van der Waals surface area contributed by atoms with Crippen LogP contribution in [0.2, 0.25) is 0 Å².